The van der Waals surface area contributed by atoms with Crippen LogP contribution in [0.2, 0.25) is 0 Å². The molecule has 0 N–H and O–H groups in total. The van der Waals surface area contributed by atoms with Crippen LogP contribution in [0, 0.1) is 11.6 Å². The van der Waals surface area contributed by atoms with Gasteiger partial charge < -0.3 is 4.90 Å². The van der Waals surface area contributed by atoms with Crippen molar-refractivity contribution in [1.82, 2.24) is 14.7 Å². The molecule has 1 amide bonds. The summed E-state index contributed by atoms with van der Waals surface area (Å²) in [6.07, 6.45) is 1.69. The first kappa shape index (κ1) is 26.0. The van der Waals surface area contributed by atoms with E-state index in [0.29, 0.717) is 6.54 Å². The monoisotopic (exact) mass is 491 g/mol. The van der Waals surface area contributed by atoms with E-state index in [2.05, 4.69) is 21.9 Å². The predicted molar refractivity (Wildman–Crippen MR) is 140 cm³/mol. The van der Waals surface area contributed by atoms with Gasteiger partial charge in [0.2, 0.25) is 5.91 Å². The van der Waals surface area contributed by atoms with E-state index >= 15 is 0 Å². The van der Waals surface area contributed by atoms with Gasteiger partial charge in [-0.25, -0.2) is 8.78 Å². The number of hydrogen-bond acceptors (Lipinski definition) is 3. The van der Waals surface area contributed by atoms with Gasteiger partial charge in [0, 0.05) is 46.2 Å². The van der Waals surface area contributed by atoms with Crippen LogP contribution in [0.3, 0.4) is 0 Å². The minimum Gasteiger partial charge on any atom is -0.347 e. The van der Waals surface area contributed by atoms with E-state index in [1.165, 1.54) is 29.8 Å². The van der Waals surface area contributed by atoms with E-state index < -0.39 is 0 Å². The molecule has 0 spiro atoms. The number of halogens is 2. The van der Waals surface area contributed by atoms with Gasteiger partial charge in [-0.15, -0.1) is 0 Å². The van der Waals surface area contributed by atoms with Crippen LogP contribution >= 0.6 is 0 Å². The molecule has 0 bridgehead atoms. The van der Waals surface area contributed by atoms with E-state index in [1.54, 1.807) is 4.90 Å². The number of amides is 1. The molecule has 4 rings (SSSR count). The molecule has 0 radical (unpaired) electrons. The lowest BCUT2D eigenvalue weighted by atomic mass is 9.87. The van der Waals surface area contributed by atoms with Crippen molar-refractivity contribution in [3.8, 4) is 0 Å². The van der Waals surface area contributed by atoms with E-state index in [-0.39, 0.29) is 29.5 Å². The number of piperazine rings is 1. The second kappa shape index (κ2) is 12.2. The zero-order valence-electron chi connectivity index (χ0n) is 21.1. The Morgan fingerprint density at radius 3 is 2.03 bits per heavy atom. The van der Waals surface area contributed by atoms with Crippen molar-refractivity contribution in [2.24, 2.45) is 0 Å². The summed E-state index contributed by atoms with van der Waals surface area (Å²) in [5.41, 5.74) is 3.27. The summed E-state index contributed by atoms with van der Waals surface area (Å²) in [6.45, 7) is 4.07. The molecule has 1 aliphatic heterocycles. The fourth-order valence-corrected chi connectivity index (χ4v) is 5.08. The number of carbonyl (C=O) groups is 1. The second-order valence-corrected chi connectivity index (χ2v) is 9.80. The minimum absolute atomic E-state index is 0.0357. The van der Waals surface area contributed by atoms with Crippen LogP contribution in [-0.2, 0) is 11.3 Å². The molecule has 0 aromatic heterocycles. The van der Waals surface area contributed by atoms with Crippen molar-refractivity contribution in [2.75, 3.05) is 40.3 Å². The van der Waals surface area contributed by atoms with Crippen molar-refractivity contribution in [2.45, 2.75) is 31.3 Å². The van der Waals surface area contributed by atoms with Gasteiger partial charge in [0.25, 0.3) is 0 Å². The molecule has 190 valence electrons. The molecule has 0 saturated carbocycles. The number of likely N-dealkylation sites (N-methyl/N-ethyl adjacent to an activating group) is 1. The highest BCUT2D eigenvalue weighted by Gasteiger charge is 2.33. The summed E-state index contributed by atoms with van der Waals surface area (Å²) < 4.78 is 27.1. The molecule has 0 aliphatic carbocycles. The number of rotatable bonds is 9. The van der Waals surface area contributed by atoms with Gasteiger partial charge in [-0.3, -0.25) is 14.6 Å². The maximum Gasteiger partial charge on any atom is 0.240 e. The summed E-state index contributed by atoms with van der Waals surface area (Å²) in [5, 5.41) is 0. The average Bonchev–Trinajstić information content (AvgIpc) is 2.89. The molecule has 1 fully saturated rings. The highest BCUT2D eigenvalue weighted by atomic mass is 19.1. The Hall–Kier alpha value is -3.09. The van der Waals surface area contributed by atoms with Crippen LogP contribution in [0.15, 0.2) is 78.9 Å². The molecular weight excluding hydrogens is 456 g/mol. The van der Waals surface area contributed by atoms with Gasteiger partial charge in [0.1, 0.15) is 17.7 Å². The Kier molecular flexibility index (Phi) is 8.83. The summed E-state index contributed by atoms with van der Waals surface area (Å²) in [4.78, 5) is 19.4. The van der Waals surface area contributed by atoms with Gasteiger partial charge in [-0.1, -0.05) is 54.6 Å². The third-order valence-corrected chi connectivity index (χ3v) is 7.03. The molecule has 1 atom stereocenters. The van der Waals surface area contributed by atoms with Crippen molar-refractivity contribution < 1.29 is 13.6 Å². The van der Waals surface area contributed by atoms with Gasteiger partial charge in [-0.05, 0) is 60.3 Å². The molecule has 3 aromatic rings. The highest BCUT2D eigenvalue weighted by molar-refractivity contribution is 5.81. The molecule has 3 aromatic carbocycles. The molecule has 1 aliphatic rings. The molecule has 4 nitrogen and oxygen atoms in total. The first-order chi connectivity index (χ1) is 17.4. The lowest BCUT2D eigenvalue weighted by Gasteiger charge is -2.41. The lowest BCUT2D eigenvalue weighted by molar-refractivity contribution is -0.137. The smallest absolute Gasteiger partial charge is 0.240 e. The fraction of sp³-hybridized carbons (Fsp3) is 0.367. The molecule has 1 saturated heterocycles. The Balaban J connectivity index is 1.43. The van der Waals surface area contributed by atoms with Crippen molar-refractivity contribution >= 4 is 5.91 Å². The third kappa shape index (κ3) is 6.77. The average molecular weight is 492 g/mol. The summed E-state index contributed by atoms with van der Waals surface area (Å²) in [6, 6.07) is 23.3. The topological polar surface area (TPSA) is 26.8 Å². The molecule has 36 heavy (non-hydrogen) atoms. The van der Waals surface area contributed by atoms with Gasteiger partial charge in [0.15, 0.2) is 0 Å². The van der Waals surface area contributed by atoms with E-state index in [4.69, 9.17) is 0 Å². The second-order valence-electron chi connectivity index (χ2n) is 9.80. The van der Waals surface area contributed by atoms with E-state index in [1.807, 2.05) is 56.6 Å². The Morgan fingerprint density at radius 1 is 0.889 bits per heavy atom. The molecular formula is C30H35F2N3O. The highest BCUT2D eigenvalue weighted by Crippen LogP contribution is 2.30. The summed E-state index contributed by atoms with van der Waals surface area (Å²) >= 11 is 0. The summed E-state index contributed by atoms with van der Waals surface area (Å²) in [5.74, 6) is -0.375. The van der Waals surface area contributed by atoms with Crippen LogP contribution in [0.1, 0.15) is 35.4 Å². The predicted octanol–water partition coefficient (Wildman–Crippen LogP) is 5.15. The van der Waals surface area contributed by atoms with Crippen molar-refractivity contribution in [1.29, 1.82) is 0 Å². The standard InChI is InChI=1S/C30H35F2N3O/c1-33(2)30(36)29-22-34(21-23-7-4-3-5-8-23)19-20-35(29)18-6-9-28(24-10-14-26(31)15-11-24)25-12-16-27(32)17-13-25/h3-5,7-8,10-17,28-29H,6,9,18-22H2,1-2H3. The third-order valence-electron chi connectivity index (χ3n) is 7.03. The van der Waals surface area contributed by atoms with Crippen molar-refractivity contribution in [3.63, 3.8) is 0 Å². The Bertz CT molecular complexity index is 1060. The molecule has 6 heteroatoms. The minimum atomic E-state index is -0.269. The van der Waals surface area contributed by atoms with Crippen LogP contribution < -0.4 is 0 Å². The number of carbonyl (C=O) groups excluding carboxylic acids is 1. The van der Waals surface area contributed by atoms with E-state index in [9.17, 15) is 13.6 Å². The maximum atomic E-state index is 13.6. The SMILES string of the molecule is CN(C)C(=O)C1CN(Cc2ccccc2)CCN1CCCC(c1ccc(F)cc1)c1ccc(F)cc1. The zero-order valence-corrected chi connectivity index (χ0v) is 21.1. The number of nitrogens with zero attached hydrogens (tertiary/aromatic N) is 3. The first-order valence-electron chi connectivity index (χ1n) is 12.6. The quantitative estimate of drug-likeness (QED) is 0.414. The zero-order chi connectivity index (χ0) is 25.5. The number of hydrogen-bond donors (Lipinski definition) is 0. The van der Waals surface area contributed by atoms with Crippen LogP contribution in [0.5, 0.6) is 0 Å². The largest absolute Gasteiger partial charge is 0.347 e. The van der Waals surface area contributed by atoms with Crippen LogP contribution in [0.25, 0.3) is 0 Å². The van der Waals surface area contributed by atoms with Gasteiger partial charge in [0.05, 0.1) is 0 Å². The van der Waals surface area contributed by atoms with Gasteiger partial charge >= 0.3 is 0 Å². The van der Waals surface area contributed by atoms with Crippen molar-refractivity contribution in [3.05, 3.63) is 107 Å². The maximum absolute atomic E-state index is 13.6. The first-order valence-corrected chi connectivity index (χ1v) is 12.6. The molecule has 1 heterocycles. The fourth-order valence-electron chi connectivity index (χ4n) is 5.08. The van der Waals surface area contributed by atoms with Gasteiger partial charge in [-0.2, -0.15) is 0 Å². The lowest BCUT2D eigenvalue weighted by Crippen LogP contribution is -2.58. The Morgan fingerprint density at radius 2 is 1.47 bits per heavy atom. The van der Waals surface area contributed by atoms with Crippen LogP contribution in [0.4, 0.5) is 8.78 Å². The van der Waals surface area contributed by atoms with E-state index in [0.717, 1.165) is 50.1 Å². The Labute approximate surface area is 213 Å². The molecule has 1 unspecified atom stereocenters. The van der Waals surface area contributed by atoms with Crippen LogP contribution in [-0.4, -0.2) is 66.9 Å². The normalized spacial score (nSPS) is 16.9. The number of benzene rings is 3. The summed E-state index contributed by atoms with van der Waals surface area (Å²) in [7, 11) is 3.63.